The SMILES string of the molecule is CN=C(NCCCc1cccc(OC)c1)NC1CCc2nc(COC)nn2C1.I. The number of ether oxygens (including phenoxy) is 2. The molecule has 0 amide bonds. The fraction of sp³-hybridized carbons (Fsp3) is 0.550. The van der Waals surface area contributed by atoms with Crippen molar-refractivity contribution in [3.05, 3.63) is 41.5 Å². The van der Waals surface area contributed by atoms with Crippen molar-refractivity contribution in [2.75, 3.05) is 27.8 Å². The van der Waals surface area contributed by atoms with Gasteiger partial charge in [0.1, 0.15) is 18.2 Å². The summed E-state index contributed by atoms with van der Waals surface area (Å²) < 4.78 is 12.4. The molecule has 0 radical (unpaired) electrons. The number of nitrogens with zero attached hydrogens (tertiary/aromatic N) is 4. The predicted octanol–water partition coefficient (Wildman–Crippen LogP) is 2.16. The Labute approximate surface area is 189 Å². The van der Waals surface area contributed by atoms with Gasteiger partial charge in [0, 0.05) is 33.2 Å². The zero-order valence-electron chi connectivity index (χ0n) is 17.4. The summed E-state index contributed by atoms with van der Waals surface area (Å²) in [5.41, 5.74) is 1.28. The normalized spacial score (nSPS) is 16.0. The van der Waals surface area contributed by atoms with E-state index in [1.54, 1.807) is 21.3 Å². The number of rotatable bonds is 8. The number of aliphatic imine (C=N–C) groups is 1. The van der Waals surface area contributed by atoms with Gasteiger partial charge in [0.25, 0.3) is 0 Å². The zero-order chi connectivity index (χ0) is 19.8. The number of aryl methyl sites for hydroxylation is 2. The van der Waals surface area contributed by atoms with Gasteiger partial charge in [-0.25, -0.2) is 9.67 Å². The van der Waals surface area contributed by atoms with Gasteiger partial charge < -0.3 is 20.1 Å². The van der Waals surface area contributed by atoms with Crippen LogP contribution in [0.4, 0.5) is 0 Å². The van der Waals surface area contributed by atoms with E-state index in [-0.39, 0.29) is 30.0 Å². The van der Waals surface area contributed by atoms with E-state index in [4.69, 9.17) is 9.47 Å². The van der Waals surface area contributed by atoms with Crippen LogP contribution >= 0.6 is 24.0 Å². The molecule has 1 aromatic heterocycles. The van der Waals surface area contributed by atoms with E-state index in [2.05, 4.69) is 37.8 Å². The van der Waals surface area contributed by atoms with Crippen molar-refractivity contribution in [2.24, 2.45) is 4.99 Å². The average Bonchev–Trinajstić information content (AvgIpc) is 3.12. The fourth-order valence-electron chi connectivity index (χ4n) is 3.38. The van der Waals surface area contributed by atoms with Gasteiger partial charge in [0.15, 0.2) is 11.8 Å². The van der Waals surface area contributed by atoms with E-state index >= 15 is 0 Å². The second-order valence-electron chi connectivity index (χ2n) is 6.89. The van der Waals surface area contributed by atoms with Gasteiger partial charge in [-0.15, -0.1) is 24.0 Å². The zero-order valence-corrected chi connectivity index (χ0v) is 19.7. The molecule has 8 nitrogen and oxygen atoms in total. The highest BCUT2D eigenvalue weighted by Crippen LogP contribution is 2.14. The van der Waals surface area contributed by atoms with Gasteiger partial charge in [0.05, 0.1) is 13.7 Å². The van der Waals surface area contributed by atoms with Crippen LogP contribution in [0.1, 0.15) is 30.1 Å². The van der Waals surface area contributed by atoms with Crippen molar-refractivity contribution in [1.82, 2.24) is 25.4 Å². The molecule has 0 saturated heterocycles. The third kappa shape index (κ3) is 6.84. The van der Waals surface area contributed by atoms with Gasteiger partial charge in [-0.2, -0.15) is 5.10 Å². The topological polar surface area (TPSA) is 85.6 Å². The van der Waals surface area contributed by atoms with Crippen LogP contribution in [-0.2, 0) is 30.7 Å². The van der Waals surface area contributed by atoms with Gasteiger partial charge in [-0.3, -0.25) is 4.99 Å². The van der Waals surface area contributed by atoms with Crippen LogP contribution in [0.25, 0.3) is 0 Å². The average molecular weight is 514 g/mol. The lowest BCUT2D eigenvalue weighted by Gasteiger charge is -2.25. The van der Waals surface area contributed by atoms with Crippen LogP contribution in [-0.4, -0.2) is 54.6 Å². The maximum atomic E-state index is 5.28. The maximum absolute atomic E-state index is 5.28. The molecule has 3 rings (SSSR count). The Hall–Kier alpha value is -1.88. The molecule has 0 saturated carbocycles. The Bertz CT molecular complexity index is 795. The Morgan fingerprint density at radius 2 is 2.21 bits per heavy atom. The minimum atomic E-state index is 0. The first-order valence-electron chi connectivity index (χ1n) is 9.73. The Kier molecular flexibility index (Phi) is 9.65. The third-order valence-electron chi connectivity index (χ3n) is 4.81. The maximum Gasteiger partial charge on any atom is 0.191 e. The molecule has 1 unspecified atom stereocenters. The van der Waals surface area contributed by atoms with E-state index in [0.717, 1.165) is 62.1 Å². The Morgan fingerprint density at radius 3 is 2.97 bits per heavy atom. The number of hydrogen-bond donors (Lipinski definition) is 2. The van der Waals surface area contributed by atoms with Gasteiger partial charge in [-0.05, 0) is 37.0 Å². The van der Waals surface area contributed by atoms with E-state index < -0.39 is 0 Å². The van der Waals surface area contributed by atoms with Crippen LogP contribution in [0.2, 0.25) is 0 Å². The molecule has 1 aliphatic heterocycles. The molecule has 0 spiro atoms. The number of guanidine groups is 1. The second-order valence-corrected chi connectivity index (χ2v) is 6.89. The number of methoxy groups -OCH3 is 2. The quantitative estimate of drug-likeness (QED) is 0.243. The van der Waals surface area contributed by atoms with Crippen LogP contribution in [0, 0.1) is 0 Å². The summed E-state index contributed by atoms with van der Waals surface area (Å²) in [6, 6.07) is 8.50. The first-order valence-corrected chi connectivity index (χ1v) is 9.73. The molecule has 0 fully saturated rings. The van der Waals surface area contributed by atoms with Crippen molar-refractivity contribution >= 4 is 29.9 Å². The summed E-state index contributed by atoms with van der Waals surface area (Å²) in [4.78, 5) is 8.87. The molecule has 0 aliphatic carbocycles. The van der Waals surface area contributed by atoms with E-state index in [1.165, 1.54) is 5.56 Å². The number of fused-ring (bicyclic) bond motifs is 1. The third-order valence-corrected chi connectivity index (χ3v) is 4.81. The van der Waals surface area contributed by atoms with Crippen molar-refractivity contribution in [3.63, 3.8) is 0 Å². The second kappa shape index (κ2) is 12.0. The highest BCUT2D eigenvalue weighted by Gasteiger charge is 2.22. The van der Waals surface area contributed by atoms with Crippen LogP contribution in [0.5, 0.6) is 5.75 Å². The first-order chi connectivity index (χ1) is 13.7. The van der Waals surface area contributed by atoms with Gasteiger partial charge in [0.2, 0.25) is 0 Å². The summed E-state index contributed by atoms with van der Waals surface area (Å²) in [6.45, 7) is 2.10. The molecule has 160 valence electrons. The number of hydrogen-bond acceptors (Lipinski definition) is 5. The predicted molar refractivity (Wildman–Crippen MR) is 124 cm³/mol. The van der Waals surface area contributed by atoms with E-state index in [0.29, 0.717) is 6.61 Å². The van der Waals surface area contributed by atoms with Crippen LogP contribution in [0.15, 0.2) is 29.3 Å². The summed E-state index contributed by atoms with van der Waals surface area (Å²) in [5, 5.41) is 11.4. The van der Waals surface area contributed by atoms with Crippen molar-refractivity contribution < 1.29 is 9.47 Å². The largest absolute Gasteiger partial charge is 0.497 e. The molecular weight excluding hydrogens is 483 g/mol. The smallest absolute Gasteiger partial charge is 0.191 e. The fourth-order valence-corrected chi connectivity index (χ4v) is 3.38. The summed E-state index contributed by atoms with van der Waals surface area (Å²) in [5.74, 6) is 3.52. The Balaban J connectivity index is 0.00000300. The molecule has 9 heteroatoms. The Morgan fingerprint density at radius 1 is 1.34 bits per heavy atom. The van der Waals surface area contributed by atoms with Crippen molar-refractivity contribution in [2.45, 2.75) is 44.9 Å². The van der Waals surface area contributed by atoms with Gasteiger partial charge >= 0.3 is 0 Å². The highest BCUT2D eigenvalue weighted by molar-refractivity contribution is 14.0. The summed E-state index contributed by atoms with van der Waals surface area (Å²) >= 11 is 0. The van der Waals surface area contributed by atoms with Crippen LogP contribution < -0.4 is 15.4 Å². The molecular formula is C20H31IN6O2. The lowest BCUT2D eigenvalue weighted by Crippen LogP contribution is -2.47. The number of nitrogens with one attached hydrogen (secondary N) is 2. The monoisotopic (exact) mass is 514 g/mol. The molecule has 2 heterocycles. The van der Waals surface area contributed by atoms with E-state index in [9.17, 15) is 0 Å². The number of aromatic nitrogens is 3. The van der Waals surface area contributed by atoms with Crippen molar-refractivity contribution in [1.29, 1.82) is 0 Å². The number of halogens is 1. The minimum Gasteiger partial charge on any atom is -0.497 e. The highest BCUT2D eigenvalue weighted by atomic mass is 127. The first kappa shape index (κ1) is 23.4. The van der Waals surface area contributed by atoms with Crippen LogP contribution in [0.3, 0.4) is 0 Å². The molecule has 1 aromatic carbocycles. The minimum absolute atomic E-state index is 0. The van der Waals surface area contributed by atoms with Crippen molar-refractivity contribution in [3.8, 4) is 5.75 Å². The number of benzene rings is 1. The molecule has 1 aliphatic rings. The lowest BCUT2D eigenvalue weighted by atomic mass is 10.1. The van der Waals surface area contributed by atoms with Gasteiger partial charge in [-0.1, -0.05) is 12.1 Å². The lowest BCUT2D eigenvalue weighted by molar-refractivity contribution is 0.177. The summed E-state index contributed by atoms with van der Waals surface area (Å²) in [6.07, 6.45) is 3.93. The standard InChI is InChI=1S/C20H30N6O2.HI/c1-21-20(22-11-5-7-15-6-4-8-17(12-15)28-3)23-16-9-10-19-24-18(14-27-2)25-26(19)13-16;/h4,6,8,12,16H,5,7,9-11,13-14H2,1-3H3,(H2,21,22,23);1H. The molecule has 2 N–H and O–H groups in total. The molecule has 1 atom stereocenters. The molecule has 29 heavy (non-hydrogen) atoms. The molecule has 2 aromatic rings. The van der Waals surface area contributed by atoms with E-state index in [1.807, 2.05) is 16.8 Å². The molecule has 0 bridgehead atoms. The summed E-state index contributed by atoms with van der Waals surface area (Å²) in [7, 11) is 5.16.